The Morgan fingerprint density at radius 3 is 2.78 bits per heavy atom. The SMILES string of the molecule is COC(=O)C(CCCC(=O)Cc1cn2cc(C3=CCOC=C3)cc(C(F)(F)F)c2n1)CC1=CN=CCC1. The second-order valence-electron chi connectivity index (χ2n) is 9.09. The number of Topliss-reactive ketones (excluding diaryl/α,β-unsaturated/α-hetero) is 1. The van der Waals surface area contributed by atoms with E-state index in [0.29, 0.717) is 30.4 Å². The number of fused-ring (bicyclic) bond motifs is 1. The summed E-state index contributed by atoms with van der Waals surface area (Å²) in [5, 5.41) is 0. The molecule has 4 heterocycles. The molecule has 0 saturated heterocycles. The quantitative estimate of drug-likeness (QED) is 0.391. The molecular formula is C27H28F3N3O4. The average Bonchev–Trinajstić information content (AvgIpc) is 3.29. The van der Waals surface area contributed by atoms with Crippen molar-refractivity contribution in [1.82, 2.24) is 9.38 Å². The predicted molar refractivity (Wildman–Crippen MR) is 132 cm³/mol. The zero-order valence-corrected chi connectivity index (χ0v) is 20.5. The fourth-order valence-electron chi connectivity index (χ4n) is 4.52. The normalized spacial score (nSPS) is 16.2. The molecule has 0 N–H and O–H groups in total. The summed E-state index contributed by atoms with van der Waals surface area (Å²) in [4.78, 5) is 33.1. The van der Waals surface area contributed by atoms with Gasteiger partial charge in [0.15, 0.2) is 0 Å². The minimum absolute atomic E-state index is 0.0898. The van der Waals surface area contributed by atoms with Gasteiger partial charge in [0, 0.05) is 31.2 Å². The summed E-state index contributed by atoms with van der Waals surface area (Å²) in [6, 6.07) is 1.06. The van der Waals surface area contributed by atoms with E-state index in [1.807, 2.05) is 6.21 Å². The highest BCUT2D eigenvalue weighted by atomic mass is 19.4. The summed E-state index contributed by atoms with van der Waals surface area (Å²) in [7, 11) is 1.34. The van der Waals surface area contributed by atoms with E-state index in [4.69, 9.17) is 9.47 Å². The van der Waals surface area contributed by atoms with Gasteiger partial charge in [0.2, 0.25) is 0 Å². The van der Waals surface area contributed by atoms with E-state index < -0.39 is 11.7 Å². The third-order valence-corrected chi connectivity index (χ3v) is 6.37. The second-order valence-corrected chi connectivity index (χ2v) is 9.09. The Morgan fingerprint density at radius 1 is 1.27 bits per heavy atom. The smallest absolute Gasteiger partial charge is 0.420 e. The largest absolute Gasteiger partial charge is 0.497 e. The molecule has 37 heavy (non-hydrogen) atoms. The van der Waals surface area contributed by atoms with Crippen LogP contribution in [0.1, 0.15) is 55.3 Å². The topological polar surface area (TPSA) is 82.3 Å². The lowest BCUT2D eigenvalue weighted by atomic mass is 9.91. The number of alkyl halides is 3. The number of rotatable bonds is 10. The molecule has 7 nitrogen and oxygen atoms in total. The number of pyridine rings is 1. The first-order valence-electron chi connectivity index (χ1n) is 12.1. The molecule has 0 radical (unpaired) electrons. The third-order valence-electron chi connectivity index (χ3n) is 6.37. The van der Waals surface area contributed by atoms with E-state index in [1.165, 1.54) is 24.0 Å². The highest BCUT2D eigenvalue weighted by Crippen LogP contribution is 2.35. The zero-order valence-electron chi connectivity index (χ0n) is 20.5. The molecule has 0 bridgehead atoms. The van der Waals surface area contributed by atoms with Crippen molar-refractivity contribution in [3.63, 3.8) is 0 Å². The first-order valence-corrected chi connectivity index (χ1v) is 12.1. The van der Waals surface area contributed by atoms with Crippen LogP contribution >= 0.6 is 0 Å². The Kier molecular flexibility index (Phi) is 8.25. The summed E-state index contributed by atoms with van der Waals surface area (Å²) in [6.07, 6.45) is 9.99. The van der Waals surface area contributed by atoms with E-state index >= 15 is 0 Å². The number of nitrogens with zero attached hydrogens (tertiary/aromatic N) is 3. The summed E-state index contributed by atoms with van der Waals surface area (Å²) in [5.41, 5.74) is 1.21. The number of imidazole rings is 1. The monoisotopic (exact) mass is 515 g/mol. The van der Waals surface area contributed by atoms with Crippen LogP contribution in [0, 0.1) is 5.92 Å². The summed E-state index contributed by atoms with van der Waals surface area (Å²) in [5.74, 6) is -0.848. The van der Waals surface area contributed by atoms with Gasteiger partial charge in [-0.25, -0.2) is 4.98 Å². The maximum absolute atomic E-state index is 13.8. The number of aliphatic imine (C=N–C) groups is 1. The Balaban J connectivity index is 1.43. The van der Waals surface area contributed by atoms with Gasteiger partial charge in [0.1, 0.15) is 18.0 Å². The van der Waals surface area contributed by atoms with Crippen LogP contribution in [-0.4, -0.2) is 41.1 Å². The fourth-order valence-corrected chi connectivity index (χ4v) is 4.52. The first-order chi connectivity index (χ1) is 17.7. The van der Waals surface area contributed by atoms with Gasteiger partial charge in [-0.1, -0.05) is 5.57 Å². The molecule has 4 rings (SSSR count). The van der Waals surface area contributed by atoms with Crippen LogP contribution in [0.5, 0.6) is 0 Å². The number of allylic oxidation sites excluding steroid dienone is 3. The second kappa shape index (κ2) is 11.6. The number of hydrogen-bond acceptors (Lipinski definition) is 6. The van der Waals surface area contributed by atoms with Crippen LogP contribution in [-0.2, 0) is 31.7 Å². The molecule has 2 aliphatic rings. The van der Waals surface area contributed by atoms with Crippen molar-refractivity contribution in [3.05, 3.63) is 65.5 Å². The molecule has 0 spiro atoms. The van der Waals surface area contributed by atoms with Crippen LogP contribution in [0.25, 0.3) is 11.2 Å². The van der Waals surface area contributed by atoms with Crippen molar-refractivity contribution < 1.29 is 32.2 Å². The van der Waals surface area contributed by atoms with E-state index in [9.17, 15) is 22.8 Å². The van der Waals surface area contributed by atoms with Gasteiger partial charge in [0.05, 0.1) is 37.0 Å². The van der Waals surface area contributed by atoms with E-state index in [2.05, 4.69) is 9.98 Å². The van der Waals surface area contributed by atoms with Gasteiger partial charge >= 0.3 is 12.1 Å². The van der Waals surface area contributed by atoms with Crippen molar-refractivity contribution in [2.45, 2.75) is 51.1 Å². The number of methoxy groups -OCH3 is 1. The molecular weight excluding hydrogens is 487 g/mol. The minimum Gasteiger partial charge on any atom is -0.497 e. The van der Waals surface area contributed by atoms with Crippen LogP contribution in [0.3, 0.4) is 0 Å². The van der Waals surface area contributed by atoms with Crippen molar-refractivity contribution in [1.29, 1.82) is 0 Å². The van der Waals surface area contributed by atoms with Crippen molar-refractivity contribution in [2.75, 3.05) is 13.7 Å². The number of aromatic nitrogens is 2. The maximum atomic E-state index is 13.8. The molecule has 0 fully saturated rings. The summed E-state index contributed by atoms with van der Waals surface area (Å²) < 4.78 is 52.8. The standard InChI is InChI=1S/C27H28F3N3O4/c1-36-26(35)20(12-18-4-3-9-31-15-18)5-2-6-23(34)14-22-17-33-16-21(19-7-10-37-11-8-19)13-24(25(33)32-22)27(28,29)30/h7-10,13,15-17,20H,2-6,11-12,14H2,1H3. The number of hydrogen-bond donors (Lipinski definition) is 0. The van der Waals surface area contributed by atoms with Crippen molar-refractivity contribution >= 4 is 29.2 Å². The Morgan fingerprint density at radius 2 is 2.11 bits per heavy atom. The molecule has 2 aliphatic heterocycles. The third kappa shape index (κ3) is 6.75. The Bertz CT molecular complexity index is 1290. The molecule has 0 aliphatic carbocycles. The lowest BCUT2D eigenvalue weighted by Crippen LogP contribution is -2.18. The van der Waals surface area contributed by atoms with Crippen LogP contribution in [0.15, 0.2) is 53.6 Å². The molecule has 196 valence electrons. The number of esters is 1. The lowest BCUT2D eigenvalue weighted by Gasteiger charge is -2.17. The summed E-state index contributed by atoms with van der Waals surface area (Å²) in [6.45, 7) is 0.275. The summed E-state index contributed by atoms with van der Waals surface area (Å²) >= 11 is 0. The van der Waals surface area contributed by atoms with Gasteiger partial charge in [-0.15, -0.1) is 0 Å². The van der Waals surface area contributed by atoms with Crippen molar-refractivity contribution in [2.24, 2.45) is 10.9 Å². The van der Waals surface area contributed by atoms with Gasteiger partial charge in [-0.2, -0.15) is 13.2 Å². The first kappa shape index (κ1) is 26.4. The van der Waals surface area contributed by atoms with Crippen LogP contribution in [0.4, 0.5) is 13.2 Å². The van der Waals surface area contributed by atoms with Gasteiger partial charge in [0.25, 0.3) is 0 Å². The molecule has 0 amide bonds. The van der Waals surface area contributed by atoms with Crippen LogP contribution < -0.4 is 0 Å². The highest BCUT2D eigenvalue weighted by molar-refractivity contribution is 5.81. The minimum atomic E-state index is -4.61. The Labute approximate surface area is 212 Å². The highest BCUT2D eigenvalue weighted by Gasteiger charge is 2.35. The molecule has 0 aromatic carbocycles. The number of carbonyl (C=O) groups is 2. The molecule has 10 heteroatoms. The number of halogens is 3. The van der Waals surface area contributed by atoms with Gasteiger partial charge in [-0.3, -0.25) is 14.6 Å². The average molecular weight is 516 g/mol. The van der Waals surface area contributed by atoms with E-state index in [1.54, 1.807) is 24.5 Å². The molecule has 1 atom stereocenters. The van der Waals surface area contributed by atoms with Crippen molar-refractivity contribution in [3.8, 4) is 0 Å². The van der Waals surface area contributed by atoms with E-state index in [-0.39, 0.29) is 48.5 Å². The number of carbonyl (C=O) groups excluding carboxylic acids is 2. The van der Waals surface area contributed by atoms with Crippen LogP contribution in [0.2, 0.25) is 0 Å². The molecule has 2 aromatic heterocycles. The number of ether oxygens (including phenoxy) is 2. The number of ketones is 1. The maximum Gasteiger partial charge on any atom is 0.420 e. The lowest BCUT2D eigenvalue weighted by molar-refractivity contribution is -0.145. The molecule has 2 aromatic rings. The van der Waals surface area contributed by atoms with E-state index in [0.717, 1.165) is 24.5 Å². The molecule has 0 saturated carbocycles. The van der Waals surface area contributed by atoms with Gasteiger partial charge in [-0.05, 0) is 61.5 Å². The zero-order chi connectivity index (χ0) is 26.4. The van der Waals surface area contributed by atoms with Gasteiger partial charge < -0.3 is 13.9 Å². The fraction of sp³-hybridized carbons (Fsp3) is 0.407. The Hall–Kier alpha value is -3.69. The molecule has 1 unspecified atom stereocenters. The predicted octanol–water partition coefficient (Wildman–Crippen LogP) is 5.49.